The van der Waals surface area contributed by atoms with Crippen molar-refractivity contribution in [2.75, 3.05) is 0 Å². The summed E-state index contributed by atoms with van der Waals surface area (Å²) in [6, 6.07) is 5.95. The molecule has 0 aromatic carbocycles. The van der Waals surface area contributed by atoms with Gasteiger partial charge in [0.25, 0.3) is 0 Å². The fourth-order valence-electron chi connectivity index (χ4n) is 1.88. The molecule has 0 spiro atoms. The summed E-state index contributed by atoms with van der Waals surface area (Å²) in [6.45, 7) is 4.04. The van der Waals surface area contributed by atoms with Crippen LogP contribution in [0.1, 0.15) is 11.3 Å². The van der Waals surface area contributed by atoms with Gasteiger partial charge in [0.1, 0.15) is 0 Å². The predicted molar refractivity (Wildman–Crippen MR) is 65.7 cm³/mol. The molecule has 0 aliphatic carbocycles. The van der Waals surface area contributed by atoms with Crippen LogP contribution in [0, 0.1) is 13.8 Å². The van der Waals surface area contributed by atoms with Gasteiger partial charge in [0, 0.05) is 29.2 Å². The number of hydrogen-bond acceptors (Lipinski definition) is 3. The molecular weight excluding hydrogens is 212 g/mol. The number of nitrogens with zero attached hydrogens (tertiary/aromatic N) is 4. The van der Waals surface area contributed by atoms with E-state index >= 15 is 0 Å². The molecule has 0 saturated heterocycles. The van der Waals surface area contributed by atoms with Gasteiger partial charge in [-0.3, -0.25) is 4.98 Å². The van der Waals surface area contributed by atoms with Crippen LogP contribution < -0.4 is 0 Å². The Morgan fingerprint density at radius 1 is 1.18 bits per heavy atom. The van der Waals surface area contributed by atoms with Gasteiger partial charge in [-0.1, -0.05) is 0 Å². The van der Waals surface area contributed by atoms with E-state index in [-0.39, 0.29) is 0 Å². The Hall–Kier alpha value is -2.23. The lowest BCUT2D eigenvalue weighted by Crippen LogP contribution is -1.97. The molecule has 0 unspecified atom stereocenters. The second kappa shape index (κ2) is 3.66. The molecule has 84 valence electrons. The Bertz CT molecular complexity index is 670. The molecule has 3 heterocycles. The predicted octanol–water partition coefficient (Wildman–Crippen LogP) is 2.41. The van der Waals surface area contributed by atoms with E-state index in [1.165, 1.54) is 0 Å². The Labute approximate surface area is 99.0 Å². The molecule has 4 heteroatoms. The molecule has 3 aromatic rings. The third kappa shape index (κ3) is 1.58. The van der Waals surface area contributed by atoms with Crippen molar-refractivity contribution in [2.24, 2.45) is 0 Å². The second-order valence-corrected chi connectivity index (χ2v) is 4.09. The number of hydrogen-bond donors (Lipinski definition) is 0. The Kier molecular flexibility index (Phi) is 2.14. The van der Waals surface area contributed by atoms with E-state index in [4.69, 9.17) is 0 Å². The number of aromatic nitrogens is 4. The maximum Gasteiger partial charge on any atom is 0.158 e. The lowest BCUT2D eigenvalue weighted by molar-refractivity contribution is 0.896. The third-order valence-electron chi connectivity index (χ3n) is 2.78. The average Bonchev–Trinajstić information content (AvgIpc) is 2.73. The maximum absolute atomic E-state index is 4.63. The van der Waals surface area contributed by atoms with Crippen LogP contribution in [0.2, 0.25) is 0 Å². The SMILES string of the molecule is Cc1cnn2c(C)cc(-c3cccnc3)nc12. The minimum absolute atomic E-state index is 0.906. The van der Waals surface area contributed by atoms with Gasteiger partial charge in [-0.25, -0.2) is 9.50 Å². The minimum Gasteiger partial charge on any atom is -0.264 e. The number of aryl methyl sites for hydroxylation is 2. The van der Waals surface area contributed by atoms with Gasteiger partial charge in [0.05, 0.1) is 11.9 Å². The molecule has 4 nitrogen and oxygen atoms in total. The molecule has 0 amide bonds. The molecular formula is C13H12N4. The van der Waals surface area contributed by atoms with Crippen LogP contribution in [0.3, 0.4) is 0 Å². The van der Waals surface area contributed by atoms with Crippen LogP contribution in [0.5, 0.6) is 0 Å². The molecule has 0 aliphatic rings. The third-order valence-corrected chi connectivity index (χ3v) is 2.78. The van der Waals surface area contributed by atoms with E-state index < -0.39 is 0 Å². The summed E-state index contributed by atoms with van der Waals surface area (Å²) in [5.41, 5.74) is 5.02. The zero-order valence-corrected chi connectivity index (χ0v) is 9.75. The summed E-state index contributed by atoms with van der Waals surface area (Å²) >= 11 is 0. The number of fused-ring (bicyclic) bond motifs is 1. The fourth-order valence-corrected chi connectivity index (χ4v) is 1.88. The largest absolute Gasteiger partial charge is 0.264 e. The molecule has 0 bridgehead atoms. The first kappa shape index (κ1) is 9.96. The minimum atomic E-state index is 0.906. The lowest BCUT2D eigenvalue weighted by Gasteiger charge is -2.04. The summed E-state index contributed by atoms with van der Waals surface area (Å²) in [6.07, 6.45) is 5.42. The van der Waals surface area contributed by atoms with E-state index in [9.17, 15) is 0 Å². The van der Waals surface area contributed by atoms with Crippen molar-refractivity contribution in [1.29, 1.82) is 0 Å². The maximum atomic E-state index is 4.63. The molecule has 0 radical (unpaired) electrons. The summed E-state index contributed by atoms with van der Waals surface area (Å²) in [7, 11) is 0. The van der Waals surface area contributed by atoms with Crippen molar-refractivity contribution in [2.45, 2.75) is 13.8 Å². The first-order valence-electron chi connectivity index (χ1n) is 5.48. The topological polar surface area (TPSA) is 43.1 Å². The monoisotopic (exact) mass is 224 g/mol. The van der Waals surface area contributed by atoms with Crippen molar-refractivity contribution in [3.05, 3.63) is 48.0 Å². The second-order valence-electron chi connectivity index (χ2n) is 4.09. The van der Waals surface area contributed by atoms with Gasteiger partial charge in [-0.2, -0.15) is 5.10 Å². The van der Waals surface area contributed by atoms with Gasteiger partial charge in [-0.15, -0.1) is 0 Å². The molecule has 17 heavy (non-hydrogen) atoms. The molecule has 3 rings (SSSR count). The summed E-state index contributed by atoms with van der Waals surface area (Å²) in [5.74, 6) is 0. The molecule has 3 aromatic heterocycles. The van der Waals surface area contributed by atoms with Crippen LogP contribution in [-0.4, -0.2) is 19.6 Å². The Balaban J connectivity index is 2.28. The van der Waals surface area contributed by atoms with Crippen molar-refractivity contribution in [3.63, 3.8) is 0 Å². The van der Waals surface area contributed by atoms with Gasteiger partial charge >= 0.3 is 0 Å². The zero-order valence-electron chi connectivity index (χ0n) is 9.75. The molecule has 0 saturated carbocycles. The molecule has 0 N–H and O–H groups in total. The standard InChI is InChI=1S/C13H12N4/c1-9-7-15-17-10(2)6-12(16-13(9)17)11-4-3-5-14-8-11/h3-8H,1-2H3. The van der Waals surface area contributed by atoms with Crippen molar-refractivity contribution >= 4 is 5.65 Å². The highest BCUT2D eigenvalue weighted by Gasteiger charge is 2.07. The summed E-state index contributed by atoms with van der Waals surface area (Å²) in [5, 5.41) is 4.29. The van der Waals surface area contributed by atoms with E-state index in [2.05, 4.69) is 15.1 Å². The quantitative estimate of drug-likeness (QED) is 0.637. The highest BCUT2D eigenvalue weighted by Crippen LogP contribution is 2.19. The fraction of sp³-hybridized carbons (Fsp3) is 0.154. The van der Waals surface area contributed by atoms with Gasteiger partial charge in [-0.05, 0) is 32.0 Å². The first-order chi connectivity index (χ1) is 8.25. The number of rotatable bonds is 1. The highest BCUT2D eigenvalue weighted by molar-refractivity contribution is 5.62. The Morgan fingerprint density at radius 3 is 2.82 bits per heavy atom. The van der Waals surface area contributed by atoms with Crippen LogP contribution in [0.25, 0.3) is 16.9 Å². The normalized spacial score (nSPS) is 10.9. The van der Waals surface area contributed by atoms with Crippen LogP contribution in [0.4, 0.5) is 0 Å². The van der Waals surface area contributed by atoms with Crippen molar-refractivity contribution in [3.8, 4) is 11.3 Å². The summed E-state index contributed by atoms with van der Waals surface area (Å²) < 4.78 is 1.86. The first-order valence-corrected chi connectivity index (χ1v) is 5.48. The van der Waals surface area contributed by atoms with Gasteiger partial charge < -0.3 is 0 Å². The zero-order chi connectivity index (χ0) is 11.8. The van der Waals surface area contributed by atoms with Crippen molar-refractivity contribution in [1.82, 2.24) is 19.6 Å². The van der Waals surface area contributed by atoms with E-state index in [1.54, 1.807) is 6.20 Å². The van der Waals surface area contributed by atoms with E-state index in [0.717, 1.165) is 28.2 Å². The highest BCUT2D eigenvalue weighted by atomic mass is 15.2. The molecule has 0 fully saturated rings. The molecule has 0 aliphatic heterocycles. The van der Waals surface area contributed by atoms with Crippen LogP contribution >= 0.6 is 0 Å². The van der Waals surface area contributed by atoms with Crippen LogP contribution in [-0.2, 0) is 0 Å². The average molecular weight is 224 g/mol. The summed E-state index contributed by atoms with van der Waals surface area (Å²) in [4.78, 5) is 8.74. The number of pyridine rings is 1. The smallest absolute Gasteiger partial charge is 0.158 e. The Morgan fingerprint density at radius 2 is 2.06 bits per heavy atom. The van der Waals surface area contributed by atoms with E-state index in [1.807, 2.05) is 49.0 Å². The van der Waals surface area contributed by atoms with Crippen molar-refractivity contribution < 1.29 is 0 Å². The van der Waals surface area contributed by atoms with Gasteiger partial charge in [0.2, 0.25) is 0 Å². The van der Waals surface area contributed by atoms with Gasteiger partial charge in [0.15, 0.2) is 5.65 Å². The van der Waals surface area contributed by atoms with Crippen LogP contribution in [0.15, 0.2) is 36.8 Å². The van der Waals surface area contributed by atoms with E-state index in [0.29, 0.717) is 0 Å². The lowest BCUT2D eigenvalue weighted by atomic mass is 10.2. The molecule has 0 atom stereocenters.